The fraction of sp³-hybridized carbons (Fsp3) is 0.778. The second-order valence-electron chi connectivity index (χ2n) is 3.11. The van der Waals surface area contributed by atoms with E-state index in [1.54, 1.807) is 4.90 Å². The number of hydrogen-bond acceptors (Lipinski definition) is 4. The molecule has 0 aromatic heterocycles. The maximum Gasteiger partial charge on any atom is 0.236 e. The summed E-state index contributed by atoms with van der Waals surface area (Å²) in [6.07, 6.45) is -0.464. The molecule has 5 heteroatoms. The first-order valence-electron chi connectivity index (χ1n) is 4.77. The Morgan fingerprint density at radius 3 is 3.21 bits per heavy atom. The first kappa shape index (κ1) is 11.0. The molecule has 0 aromatic carbocycles. The van der Waals surface area contributed by atoms with Gasteiger partial charge in [0.25, 0.3) is 0 Å². The molecule has 1 aliphatic heterocycles. The summed E-state index contributed by atoms with van der Waals surface area (Å²) in [6, 6.07) is 2.01. The zero-order valence-corrected chi connectivity index (χ0v) is 8.32. The van der Waals surface area contributed by atoms with Crippen molar-refractivity contribution in [1.82, 2.24) is 10.2 Å². The predicted octanol–water partition coefficient (Wildman–Crippen LogP) is -0.653. The molecule has 14 heavy (non-hydrogen) atoms. The highest BCUT2D eigenvalue weighted by molar-refractivity contribution is 5.78. The van der Waals surface area contributed by atoms with Crippen LogP contribution in [0.4, 0.5) is 0 Å². The zero-order chi connectivity index (χ0) is 10.4. The molecule has 1 heterocycles. The van der Waals surface area contributed by atoms with Crippen molar-refractivity contribution in [3.63, 3.8) is 0 Å². The van der Waals surface area contributed by atoms with Gasteiger partial charge >= 0.3 is 0 Å². The maximum absolute atomic E-state index is 11.5. The van der Waals surface area contributed by atoms with Gasteiger partial charge < -0.3 is 15.0 Å². The largest absolute Gasteiger partial charge is 0.360 e. The molecule has 1 rings (SSSR count). The molecule has 0 radical (unpaired) electrons. The van der Waals surface area contributed by atoms with Crippen LogP contribution in [0.3, 0.4) is 0 Å². The predicted molar refractivity (Wildman–Crippen MR) is 50.5 cm³/mol. The number of carbonyl (C=O) groups is 1. The van der Waals surface area contributed by atoms with E-state index in [0.29, 0.717) is 26.2 Å². The van der Waals surface area contributed by atoms with Crippen LogP contribution in [-0.4, -0.2) is 49.7 Å². The Labute approximate surface area is 83.6 Å². The lowest BCUT2D eigenvalue weighted by atomic mass is 10.3. The number of hydrogen-bond donors (Lipinski definition) is 1. The van der Waals surface area contributed by atoms with E-state index in [4.69, 9.17) is 10.00 Å². The number of rotatable bonds is 3. The molecule has 0 aromatic rings. The molecule has 5 nitrogen and oxygen atoms in total. The summed E-state index contributed by atoms with van der Waals surface area (Å²) in [5, 5.41) is 11.6. The summed E-state index contributed by atoms with van der Waals surface area (Å²) in [6.45, 7) is 4.50. The van der Waals surface area contributed by atoms with Gasteiger partial charge in [-0.15, -0.1) is 0 Å². The van der Waals surface area contributed by atoms with Crippen LogP contribution in [0.1, 0.15) is 6.92 Å². The standard InChI is InChI=1S/C9H15N3O2/c1-2-11-6-9(13)12-3-4-14-8(5-10)7-12/h8,11H,2-4,6-7H2,1H3. The second kappa shape index (κ2) is 5.58. The molecule has 1 saturated heterocycles. The fourth-order valence-electron chi connectivity index (χ4n) is 1.30. The molecular weight excluding hydrogens is 182 g/mol. The lowest BCUT2D eigenvalue weighted by Crippen LogP contribution is -2.48. The Balaban J connectivity index is 2.36. The minimum Gasteiger partial charge on any atom is -0.360 e. The molecule has 0 bridgehead atoms. The highest BCUT2D eigenvalue weighted by Gasteiger charge is 2.23. The summed E-state index contributed by atoms with van der Waals surface area (Å²) in [5.41, 5.74) is 0. The SMILES string of the molecule is CCNCC(=O)N1CCOC(C#N)C1. The molecule has 1 amide bonds. The normalized spacial score (nSPS) is 21.7. The van der Waals surface area contributed by atoms with E-state index >= 15 is 0 Å². The lowest BCUT2D eigenvalue weighted by Gasteiger charge is -2.29. The average molecular weight is 197 g/mol. The average Bonchev–Trinajstić information content (AvgIpc) is 2.26. The van der Waals surface area contributed by atoms with Crippen molar-refractivity contribution in [3.8, 4) is 6.07 Å². The molecule has 1 aliphatic rings. The van der Waals surface area contributed by atoms with Crippen LogP contribution in [-0.2, 0) is 9.53 Å². The Hall–Kier alpha value is -1.12. The van der Waals surface area contributed by atoms with Gasteiger partial charge in [0.15, 0.2) is 6.10 Å². The van der Waals surface area contributed by atoms with Gasteiger partial charge in [0, 0.05) is 6.54 Å². The number of nitriles is 1. The third kappa shape index (κ3) is 2.98. The van der Waals surface area contributed by atoms with Crippen molar-refractivity contribution in [2.45, 2.75) is 13.0 Å². The topological polar surface area (TPSA) is 65.4 Å². The van der Waals surface area contributed by atoms with Crippen LogP contribution in [0.15, 0.2) is 0 Å². The van der Waals surface area contributed by atoms with Crippen molar-refractivity contribution in [1.29, 1.82) is 5.26 Å². The van der Waals surface area contributed by atoms with Crippen LogP contribution in [0.5, 0.6) is 0 Å². The van der Waals surface area contributed by atoms with Crippen LogP contribution in [0.25, 0.3) is 0 Å². The van der Waals surface area contributed by atoms with E-state index in [1.807, 2.05) is 13.0 Å². The van der Waals surface area contributed by atoms with Gasteiger partial charge in [-0.1, -0.05) is 6.92 Å². The van der Waals surface area contributed by atoms with Crippen molar-refractivity contribution in [3.05, 3.63) is 0 Å². The molecule has 1 atom stereocenters. The molecule has 0 saturated carbocycles. The van der Waals surface area contributed by atoms with Crippen LogP contribution >= 0.6 is 0 Å². The summed E-state index contributed by atoms with van der Waals surface area (Å²) in [4.78, 5) is 13.2. The van der Waals surface area contributed by atoms with Gasteiger partial charge in [-0.25, -0.2) is 0 Å². The monoisotopic (exact) mass is 197 g/mol. The van der Waals surface area contributed by atoms with Gasteiger partial charge in [-0.2, -0.15) is 5.26 Å². The van der Waals surface area contributed by atoms with Crippen molar-refractivity contribution < 1.29 is 9.53 Å². The maximum atomic E-state index is 11.5. The smallest absolute Gasteiger partial charge is 0.236 e. The number of amides is 1. The molecule has 1 fully saturated rings. The van der Waals surface area contributed by atoms with E-state index in [2.05, 4.69) is 5.32 Å². The van der Waals surface area contributed by atoms with Gasteiger partial charge in [-0.05, 0) is 6.54 Å². The zero-order valence-electron chi connectivity index (χ0n) is 8.32. The highest BCUT2D eigenvalue weighted by atomic mass is 16.5. The minimum atomic E-state index is -0.464. The fourth-order valence-corrected chi connectivity index (χ4v) is 1.30. The van der Waals surface area contributed by atoms with E-state index in [-0.39, 0.29) is 5.91 Å². The van der Waals surface area contributed by atoms with Crippen molar-refractivity contribution >= 4 is 5.91 Å². The molecule has 1 unspecified atom stereocenters. The van der Waals surface area contributed by atoms with E-state index in [9.17, 15) is 4.79 Å². The second-order valence-corrected chi connectivity index (χ2v) is 3.11. The molecule has 1 N–H and O–H groups in total. The van der Waals surface area contributed by atoms with Gasteiger partial charge in [-0.3, -0.25) is 4.79 Å². The van der Waals surface area contributed by atoms with Crippen LogP contribution in [0, 0.1) is 11.3 Å². The summed E-state index contributed by atoms with van der Waals surface area (Å²) in [7, 11) is 0. The molecule has 0 spiro atoms. The number of nitrogens with zero attached hydrogens (tertiary/aromatic N) is 2. The number of ether oxygens (including phenoxy) is 1. The van der Waals surface area contributed by atoms with E-state index in [1.165, 1.54) is 0 Å². The summed E-state index contributed by atoms with van der Waals surface area (Å²) in [5.74, 6) is 0.0374. The summed E-state index contributed by atoms with van der Waals surface area (Å²) < 4.78 is 5.14. The van der Waals surface area contributed by atoms with Crippen LogP contribution in [0.2, 0.25) is 0 Å². The van der Waals surface area contributed by atoms with E-state index < -0.39 is 6.10 Å². The van der Waals surface area contributed by atoms with Gasteiger partial charge in [0.05, 0.1) is 25.8 Å². The molecular formula is C9H15N3O2. The Morgan fingerprint density at radius 1 is 1.79 bits per heavy atom. The number of morpholine rings is 1. The molecule has 0 aliphatic carbocycles. The first-order valence-corrected chi connectivity index (χ1v) is 4.77. The summed E-state index contributed by atoms with van der Waals surface area (Å²) >= 11 is 0. The Bertz CT molecular complexity index is 237. The minimum absolute atomic E-state index is 0.0374. The van der Waals surface area contributed by atoms with E-state index in [0.717, 1.165) is 6.54 Å². The Morgan fingerprint density at radius 2 is 2.57 bits per heavy atom. The third-order valence-electron chi connectivity index (χ3n) is 2.09. The lowest BCUT2D eigenvalue weighted by molar-refractivity contribution is -0.135. The highest BCUT2D eigenvalue weighted by Crippen LogP contribution is 2.03. The number of carbonyl (C=O) groups excluding carboxylic acids is 1. The van der Waals surface area contributed by atoms with Gasteiger partial charge in [0.1, 0.15) is 0 Å². The van der Waals surface area contributed by atoms with Crippen molar-refractivity contribution in [2.24, 2.45) is 0 Å². The van der Waals surface area contributed by atoms with Crippen molar-refractivity contribution in [2.75, 3.05) is 32.8 Å². The molecule has 78 valence electrons. The third-order valence-corrected chi connectivity index (χ3v) is 2.09. The quantitative estimate of drug-likeness (QED) is 0.652. The van der Waals surface area contributed by atoms with Gasteiger partial charge in [0.2, 0.25) is 5.91 Å². The Kier molecular flexibility index (Phi) is 4.36. The first-order chi connectivity index (χ1) is 6.77. The van der Waals surface area contributed by atoms with Crippen LogP contribution < -0.4 is 5.32 Å². The number of likely N-dealkylation sites (N-methyl/N-ethyl adjacent to an activating group) is 1. The number of nitrogens with one attached hydrogen (secondary N) is 1.